The molecule has 1 saturated heterocycles. The van der Waals surface area contributed by atoms with Crippen LogP contribution in [0.15, 0.2) is 48.5 Å². The van der Waals surface area contributed by atoms with E-state index in [-0.39, 0.29) is 17.9 Å². The van der Waals surface area contributed by atoms with Crippen molar-refractivity contribution in [2.45, 2.75) is 19.9 Å². The van der Waals surface area contributed by atoms with Crippen LogP contribution in [0, 0.1) is 0 Å². The van der Waals surface area contributed by atoms with Gasteiger partial charge in [-0.1, -0.05) is 18.2 Å². The van der Waals surface area contributed by atoms with Gasteiger partial charge >= 0.3 is 0 Å². The summed E-state index contributed by atoms with van der Waals surface area (Å²) >= 11 is 1.74. The van der Waals surface area contributed by atoms with Crippen molar-refractivity contribution in [1.29, 1.82) is 0 Å². The lowest BCUT2D eigenvalue weighted by molar-refractivity contribution is -0.114. The van der Waals surface area contributed by atoms with Crippen LogP contribution in [0.3, 0.4) is 0 Å². The Kier molecular flexibility index (Phi) is 5.60. The number of carbonyl (C=O) groups excluding carboxylic acids is 2. The standard InChI is InChI=1S/C22H24N4O2S/c1-15(21-24-19-8-3-4-9-20(19)29-21)25-10-12-26(13-11-25)22(28)17-6-5-7-18(14-17)23-16(2)27/h3-9,14-15H,10-13H2,1-2H3,(H,23,27)/t15-/m1/s1. The molecule has 4 rings (SSSR count). The van der Waals surface area contributed by atoms with Crippen LogP contribution in [0.4, 0.5) is 5.69 Å². The average molecular weight is 409 g/mol. The first-order valence-corrected chi connectivity index (χ1v) is 10.6. The highest BCUT2D eigenvalue weighted by atomic mass is 32.1. The van der Waals surface area contributed by atoms with Gasteiger partial charge in [0.05, 0.1) is 16.3 Å². The van der Waals surface area contributed by atoms with Crippen LogP contribution >= 0.6 is 11.3 Å². The molecule has 6 nitrogen and oxygen atoms in total. The van der Waals surface area contributed by atoms with Crippen LogP contribution in [-0.2, 0) is 4.79 Å². The summed E-state index contributed by atoms with van der Waals surface area (Å²) in [6.45, 7) is 6.63. The average Bonchev–Trinajstić information content (AvgIpc) is 3.17. The Morgan fingerprint density at radius 2 is 1.83 bits per heavy atom. The maximum atomic E-state index is 12.9. The first kappa shape index (κ1) is 19.5. The van der Waals surface area contributed by atoms with Crippen molar-refractivity contribution in [3.05, 3.63) is 59.1 Å². The molecule has 1 N–H and O–H groups in total. The summed E-state index contributed by atoms with van der Waals surface area (Å²) in [4.78, 5) is 33.2. The second-order valence-corrected chi connectivity index (χ2v) is 8.35. The van der Waals surface area contributed by atoms with Gasteiger partial charge < -0.3 is 10.2 Å². The molecule has 7 heteroatoms. The van der Waals surface area contributed by atoms with Gasteiger partial charge in [0, 0.05) is 44.4 Å². The van der Waals surface area contributed by atoms with Gasteiger partial charge in [-0.3, -0.25) is 14.5 Å². The fraction of sp³-hybridized carbons (Fsp3) is 0.318. The van der Waals surface area contributed by atoms with Crippen molar-refractivity contribution in [2.24, 2.45) is 0 Å². The lowest BCUT2D eigenvalue weighted by atomic mass is 10.1. The molecule has 2 aromatic carbocycles. The normalized spacial score (nSPS) is 16.0. The molecule has 2 heterocycles. The van der Waals surface area contributed by atoms with Gasteiger partial charge in [0.2, 0.25) is 5.91 Å². The number of anilines is 1. The zero-order valence-electron chi connectivity index (χ0n) is 16.6. The molecule has 0 bridgehead atoms. The maximum Gasteiger partial charge on any atom is 0.254 e. The first-order chi connectivity index (χ1) is 14.0. The molecule has 1 aliphatic heterocycles. The number of thiazole rings is 1. The number of nitrogens with zero attached hydrogens (tertiary/aromatic N) is 3. The van der Waals surface area contributed by atoms with E-state index in [1.54, 1.807) is 35.6 Å². The van der Waals surface area contributed by atoms with E-state index >= 15 is 0 Å². The van der Waals surface area contributed by atoms with E-state index in [4.69, 9.17) is 4.98 Å². The van der Waals surface area contributed by atoms with Crippen LogP contribution < -0.4 is 5.32 Å². The number of piperazine rings is 1. The lowest BCUT2D eigenvalue weighted by Crippen LogP contribution is -2.49. The predicted molar refractivity (Wildman–Crippen MR) is 116 cm³/mol. The minimum Gasteiger partial charge on any atom is -0.336 e. The van der Waals surface area contributed by atoms with Crippen molar-refractivity contribution < 1.29 is 9.59 Å². The summed E-state index contributed by atoms with van der Waals surface area (Å²) in [7, 11) is 0. The number of nitrogens with one attached hydrogen (secondary N) is 1. The van der Waals surface area contributed by atoms with Gasteiger partial charge in [0.15, 0.2) is 0 Å². The second kappa shape index (κ2) is 8.31. The van der Waals surface area contributed by atoms with E-state index < -0.39 is 0 Å². The minimum absolute atomic E-state index is 0.00416. The van der Waals surface area contributed by atoms with Crippen molar-refractivity contribution in [3.63, 3.8) is 0 Å². The Hall–Kier alpha value is -2.77. The van der Waals surface area contributed by atoms with Gasteiger partial charge in [-0.25, -0.2) is 4.98 Å². The first-order valence-electron chi connectivity index (χ1n) is 9.78. The second-order valence-electron chi connectivity index (χ2n) is 7.29. The highest BCUT2D eigenvalue weighted by molar-refractivity contribution is 7.18. The van der Waals surface area contributed by atoms with Crippen LogP contribution in [0.5, 0.6) is 0 Å². The summed E-state index contributed by atoms with van der Waals surface area (Å²) in [6.07, 6.45) is 0. The van der Waals surface area contributed by atoms with Crippen molar-refractivity contribution >= 4 is 39.1 Å². The number of hydrogen-bond donors (Lipinski definition) is 1. The van der Waals surface area contributed by atoms with Gasteiger partial charge in [0.25, 0.3) is 5.91 Å². The smallest absolute Gasteiger partial charge is 0.254 e. The molecule has 150 valence electrons. The monoisotopic (exact) mass is 408 g/mol. The van der Waals surface area contributed by atoms with Gasteiger partial charge in [-0.2, -0.15) is 0 Å². The molecule has 1 aromatic heterocycles. The topological polar surface area (TPSA) is 65.5 Å². The maximum absolute atomic E-state index is 12.9. The van der Waals surface area contributed by atoms with Crippen molar-refractivity contribution in [3.8, 4) is 0 Å². The zero-order valence-corrected chi connectivity index (χ0v) is 17.4. The number of carbonyl (C=O) groups is 2. The van der Waals surface area contributed by atoms with E-state index in [0.29, 0.717) is 24.3 Å². The Morgan fingerprint density at radius 3 is 2.55 bits per heavy atom. The summed E-state index contributed by atoms with van der Waals surface area (Å²) in [5, 5.41) is 3.85. The summed E-state index contributed by atoms with van der Waals surface area (Å²) in [6, 6.07) is 15.6. The molecule has 2 amide bonds. The fourth-order valence-corrected chi connectivity index (χ4v) is 4.71. The van der Waals surface area contributed by atoms with Crippen LogP contribution in [0.1, 0.15) is 35.3 Å². The number of amides is 2. The van der Waals surface area contributed by atoms with E-state index in [1.807, 2.05) is 23.1 Å². The molecule has 0 radical (unpaired) electrons. The van der Waals surface area contributed by atoms with E-state index in [2.05, 4.69) is 23.2 Å². The highest BCUT2D eigenvalue weighted by Crippen LogP contribution is 2.30. The summed E-state index contributed by atoms with van der Waals surface area (Å²) in [5.41, 5.74) is 2.29. The van der Waals surface area contributed by atoms with Gasteiger partial charge in [0.1, 0.15) is 5.01 Å². The van der Waals surface area contributed by atoms with Gasteiger partial charge in [-0.05, 0) is 37.3 Å². The molecule has 1 atom stereocenters. The molecule has 29 heavy (non-hydrogen) atoms. The number of aromatic nitrogens is 1. The third-order valence-corrected chi connectivity index (χ3v) is 6.45. The van der Waals surface area contributed by atoms with Crippen LogP contribution in [0.25, 0.3) is 10.2 Å². The minimum atomic E-state index is -0.146. The largest absolute Gasteiger partial charge is 0.336 e. The Balaban J connectivity index is 1.39. The third kappa shape index (κ3) is 4.31. The van der Waals surface area contributed by atoms with E-state index in [9.17, 15) is 9.59 Å². The SMILES string of the molecule is CC(=O)Nc1cccc(C(=O)N2CCN([C@H](C)c3nc4ccccc4s3)CC2)c1. The summed E-state index contributed by atoms with van der Waals surface area (Å²) < 4.78 is 1.21. The van der Waals surface area contributed by atoms with E-state index in [0.717, 1.165) is 23.6 Å². The predicted octanol–water partition coefficient (Wildman–Crippen LogP) is 3.77. The molecule has 1 aliphatic rings. The van der Waals surface area contributed by atoms with Crippen molar-refractivity contribution in [1.82, 2.24) is 14.8 Å². The highest BCUT2D eigenvalue weighted by Gasteiger charge is 2.27. The molecule has 0 spiro atoms. The Bertz CT molecular complexity index is 1010. The molecule has 3 aromatic rings. The Labute approximate surface area is 174 Å². The zero-order chi connectivity index (χ0) is 20.4. The number of benzene rings is 2. The number of para-hydroxylation sites is 1. The van der Waals surface area contributed by atoms with Crippen LogP contribution in [0.2, 0.25) is 0 Å². The summed E-state index contributed by atoms with van der Waals surface area (Å²) in [5.74, 6) is -0.142. The fourth-order valence-electron chi connectivity index (χ4n) is 3.65. The molecule has 0 unspecified atom stereocenters. The molecule has 0 aliphatic carbocycles. The lowest BCUT2D eigenvalue weighted by Gasteiger charge is -2.37. The third-order valence-electron chi connectivity index (χ3n) is 5.25. The quantitative estimate of drug-likeness (QED) is 0.714. The van der Waals surface area contributed by atoms with Crippen LogP contribution in [-0.4, -0.2) is 52.8 Å². The molecular weight excluding hydrogens is 384 g/mol. The van der Waals surface area contributed by atoms with Gasteiger partial charge in [-0.15, -0.1) is 11.3 Å². The van der Waals surface area contributed by atoms with Crippen molar-refractivity contribution in [2.75, 3.05) is 31.5 Å². The molecular formula is C22H24N4O2S. The molecule has 0 saturated carbocycles. The molecule has 1 fully saturated rings. The Morgan fingerprint density at radius 1 is 1.07 bits per heavy atom. The van der Waals surface area contributed by atoms with E-state index in [1.165, 1.54) is 11.6 Å². The number of hydrogen-bond acceptors (Lipinski definition) is 5. The number of rotatable bonds is 4. The number of fused-ring (bicyclic) bond motifs is 1.